The third-order valence-corrected chi connectivity index (χ3v) is 3.70. The second kappa shape index (κ2) is 10.3. The van der Waals surface area contributed by atoms with Gasteiger partial charge in [0.05, 0.1) is 12.7 Å². The number of benzene rings is 3. The molecule has 0 atom stereocenters. The van der Waals surface area contributed by atoms with E-state index in [1.807, 2.05) is 36.4 Å². The highest BCUT2D eigenvalue weighted by molar-refractivity contribution is 6.10. The Bertz CT molecular complexity index is 947. The normalized spacial score (nSPS) is 10.0. The summed E-state index contributed by atoms with van der Waals surface area (Å²) in [5.41, 5.74) is 1.72. The predicted molar refractivity (Wildman–Crippen MR) is 108 cm³/mol. The number of methoxy groups -OCH3 is 1. The van der Waals surface area contributed by atoms with E-state index in [0.717, 1.165) is 11.6 Å². The van der Waals surface area contributed by atoms with Gasteiger partial charge in [-0.3, -0.25) is 4.79 Å². The fraction of sp³-hybridized carbons (Fsp3) is 0.0435. The highest BCUT2D eigenvalue weighted by Crippen LogP contribution is 2.25. The molecule has 0 aromatic heterocycles. The molecule has 28 heavy (non-hydrogen) atoms. The molecule has 142 valence electrons. The summed E-state index contributed by atoms with van der Waals surface area (Å²) in [4.78, 5) is 22.2. The Morgan fingerprint density at radius 1 is 0.893 bits per heavy atom. The maximum absolute atomic E-state index is 12.1. The molecular formula is C23H20O5. The van der Waals surface area contributed by atoms with Crippen LogP contribution in [-0.2, 0) is 4.79 Å². The maximum atomic E-state index is 12.1. The molecular weight excluding hydrogens is 356 g/mol. The van der Waals surface area contributed by atoms with Crippen LogP contribution in [0.3, 0.4) is 0 Å². The summed E-state index contributed by atoms with van der Waals surface area (Å²) in [5.74, 6) is -0.676. The number of hydrogen-bond donors (Lipinski definition) is 2. The van der Waals surface area contributed by atoms with Gasteiger partial charge in [-0.2, -0.15) is 0 Å². The molecule has 5 nitrogen and oxygen atoms in total. The minimum absolute atomic E-state index is 0.0711. The highest BCUT2D eigenvalue weighted by Gasteiger charge is 2.13. The Kier molecular flexibility index (Phi) is 7.54. The number of ketones is 1. The molecule has 0 aliphatic carbocycles. The molecule has 0 fully saturated rings. The van der Waals surface area contributed by atoms with E-state index in [2.05, 4.69) is 0 Å². The number of aliphatic carboxylic acids is 1. The van der Waals surface area contributed by atoms with Crippen LogP contribution in [0.5, 0.6) is 11.5 Å². The lowest BCUT2D eigenvalue weighted by atomic mass is 10.0. The summed E-state index contributed by atoms with van der Waals surface area (Å²) in [6.07, 6.45) is 2.68. The molecule has 0 heterocycles. The van der Waals surface area contributed by atoms with Gasteiger partial charge in [-0.15, -0.1) is 0 Å². The fourth-order valence-corrected chi connectivity index (χ4v) is 2.31. The van der Waals surface area contributed by atoms with Gasteiger partial charge in [0, 0.05) is 17.7 Å². The van der Waals surface area contributed by atoms with E-state index in [-0.39, 0.29) is 17.1 Å². The van der Waals surface area contributed by atoms with E-state index in [4.69, 9.17) is 9.84 Å². The number of carbonyl (C=O) groups excluding carboxylic acids is 1. The number of rotatable bonds is 5. The number of carboxylic acids is 1. The minimum Gasteiger partial charge on any atom is -0.507 e. The van der Waals surface area contributed by atoms with Crippen molar-refractivity contribution < 1.29 is 24.5 Å². The average Bonchev–Trinajstić information content (AvgIpc) is 2.73. The molecule has 2 N–H and O–H groups in total. The van der Waals surface area contributed by atoms with Crippen molar-refractivity contribution in [2.24, 2.45) is 0 Å². The van der Waals surface area contributed by atoms with E-state index in [0.29, 0.717) is 11.3 Å². The molecule has 0 spiro atoms. The SMILES string of the molecule is COc1ccc(C(=O)c2ccccc2)c(O)c1.O=C(O)C=Cc1ccccc1. The van der Waals surface area contributed by atoms with Gasteiger partial charge in [-0.1, -0.05) is 60.7 Å². The third-order valence-electron chi connectivity index (χ3n) is 3.70. The molecule has 3 rings (SSSR count). The predicted octanol–water partition coefficient (Wildman–Crippen LogP) is 4.42. The Balaban J connectivity index is 0.000000221. The first-order valence-electron chi connectivity index (χ1n) is 8.44. The average molecular weight is 376 g/mol. The first-order valence-corrected chi connectivity index (χ1v) is 8.44. The largest absolute Gasteiger partial charge is 0.507 e. The lowest BCUT2D eigenvalue weighted by molar-refractivity contribution is -0.131. The van der Waals surface area contributed by atoms with Gasteiger partial charge in [0.15, 0.2) is 5.78 Å². The molecule has 0 saturated heterocycles. The Morgan fingerprint density at radius 3 is 2.04 bits per heavy atom. The molecule has 3 aromatic carbocycles. The standard InChI is InChI=1S/C14H12O3.C9H8O2/c1-17-11-7-8-12(13(15)9-11)14(16)10-5-3-2-4-6-10;10-9(11)7-6-8-4-2-1-3-5-8/h2-9,15H,1H3;1-7H,(H,10,11). The molecule has 0 radical (unpaired) electrons. The molecule has 0 aliphatic rings. The van der Waals surface area contributed by atoms with Gasteiger partial charge in [-0.05, 0) is 23.8 Å². The number of phenols is 1. The van der Waals surface area contributed by atoms with Gasteiger partial charge in [0.25, 0.3) is 0 Å². The number of carbonyl (C=O) groups is 2. The highest BCUT2D eigenvalue weighted by atomic mass is 16.5. The summed E-state index contributed by atoms with van der Waals surface area (Å²) in [6, 6.07) is 22.8. The number of hydrogen-bond acceptors (Lipinski definition) is 4. The summed E-state index contributed by atoms with van der Waals surface area (Å²) in [5, 5.41) is 18.0. The van der Waals surface area contributed by atoms with Crippen LogP contribution < -0.4 is 4.74 Å². The molecule has 0 saturated carbocycles. The van der Waals surface area contributed by atoms with E-state index in [1.165, 1.54) is 13.2 Å². The van der Waals surface area contributed by atoms with Crippen LogP contribution in [0.4, 0.5) is 0 Å². The van der Waals surface area contributed by atoms with Crippen LogP contribution in [0.15, 0.2) is 84.9 Å². The second-order valence-corrected chi connectivity index (χ2v) is 5.66. The van der Waals surface area contributed by atoms with Crippen molar-refractivity contribution in [3.8, 4) is 11.5 Å². The lowest BCUT2D eigenvalue weighted by Gasteiger charge is -2.06. The third kappa shape index (κ3) is 6.14. The van der Waals surface area contributed by atoms with Crippen LogP contribution >= 0.6 is 0 Å². The Hall–Kier alpha value is -3.86. The summed E-state index contributed by atoms with van der Waals surface area (Å²) >= 11 is 0. The van der Waals surface area contributed by atoms with E-state index in [1.54, 1.807) is 42.5 Å². The van der Waals surface area contributed by atoms with Crippen LogP contribution in [0.2, 0.25) is 0 Å². The fourth-order valence-electron chi connectivity index (χ4n) is 2.31. The quantitative estimate of drug-likeness (QED) is 0.509. The topological polar surface area (TPSA) is 83.8 Å². The summed E-state index contributed by atoms with van der Waals surface area (Å²) < 4.78 is 4.96. The van der Waals surface area contributed by atoms with Crippen molar-refractivity contribution in [2.45, 2.75) is 0 Å². The van der Waals surface area contributed by atoms with Crippen LogP contribution in [-0.4, -0.2) is 29.1 Å². The lowest BCUT2D eigenvalue weighted by Crippen LogP contribution is -2.01. The zero-order chi connectivity index (χ0) is 20.4. The first-order chi connectivity index (χ1) is 13.5. The molecule has 3 aromatic rings. The zero-order valence-electron chi connectivity index (χ0n) is 15.3. The van der Waals surface area contributed by atoms with Crippen molar-refractivity contribution >= 4 is 17.8 Å². The van der Waals surface area contributed by atoms with Crippen molar-refractivity contribution in [3.05, 3.63) is 102 Å². The molecule has 0 aliphatic heterocycles. The molecule has 0 bridgehead atoms. The van der Waals surface area contributed by atoms with Crippen molar-refractivity contribution in [2.75, 3.05) is 7.11 Å². The van der Waals surface area contributed by atoms with E-state index < -0.39 is 5.97 Å². The second-order valence-electron chi connectivity index (χ2n) is 5.66. The maximum Gasteiger partial charge on any atom is 0.328 e. The van der Waals surface area contributed by atoms with Gasteiger partial charge in [-0.25, -0.2) is 4.79 Å². The number of phenolic OH excluding ortho intramolecular Hbond substituents is 1. The molecule has 0 amide bonds. The zero-order valence-corrected chi connectivity index (χ0v) is 15.3. The van der Waals surface area contributed by atoms with Crippen LogP contribution in [0.25, 0.3) is 6.08 Å². The Morgan fingerprint density at radius 2 is 1.50 bits per heavy atom. The van der Waals surface area contributed by atoms with E-state index in [9.17, 15) is 14.7 Å². The minimum atomic E-state index is -0.922. The smallest absolute Gasteiger partial charge is 0.328 e. The van der Waals surface area contributed by atoms with Gasteiger partial charge in [0.2, 0.25) is 0 Å². The first kappa shape index (κ1) is 20.5. The molecule has 5 heteroatoms. The number of carboxylic acid groups (broad SMARTS) is 1. The van der Waals surface area contributed by atoms with Gasteiger partial charge < -0.3 is 14.9 Å². The monoisotopic (exact) mass is 376 g/mol. The van der Waals surface area contributed by atoms with Crippen LogP contribution in [0.1, 0.15) is 21.5 Å². The summed E-state index contributed by atoms with van der Waals surface area (Å²) in [7, 11) is 1.51. The number of aromatic hydroxyl groups is 1. The van der Waals surface area contributed by atoms with Gasteiger partial charge >= 0.3 is 5.97 Å². The Labute approximate surface area is 163 Å². The van der Waals surface area contributed by atoms with Crippen molar-refractivity contribution in [1.82, 2.24) is 0 Å². The van der Waals surface area contributed by atoms with Crippen LogP contribution in [0, 0.1) is 0 Å². The van der Waals surface area contributed by atoms with E-state index >= 15 is 0 Å². The van der Waals surface area contributed by atoms with Crippen molar-refractivity contribution in [1.29, 1.82) is 0 Å². The van der Waals surface area contributed by atoms with Crippen molar-refractivity contribution in [3.63, 3.8) is 0 Å². The number of ether oxygens (including phenoxy) is 1. The van der Waals surface area contributed by atoms with Gasteiger partial charge in [0.1, 0.15) is 11.5 Å². The molecule has 0 unspecified atom stereocenters. The summed E-state index contributed by atoms with van der Waals surface area (Å²) in [6.45, 7) is 0.